The SMILES string of the molecule is COc1cccc(/C=C/C(=O)N[C@H](C)c2ccc3ccccc3c2)c1. The van der Waals surface area contributed by atoms with E-state index in [0.717, 1.165) is 16.9 Å². The Hall–Kier alpha value is -3.07. The summed E-state index contributed by atoms with van der Waals surface area (Å²) >= 11 is 0. The molecule has 0 heterocycles. The summed E-state index contributed by atoms with van der Waals surface area (Å²) in [5.41, 5.74) is 2.01. The van der Waals surface area contributed by atoms with Crippen LogP contribution in [0.1, 0.15) is 24.1 Å². The fourth-order valence-corrected chi connectivity index (χ4v) is 2.74. The van der Waals surface area contributed by atoms with Crippen LogP contribution in [-0.4, -0.2) is 13.0 Å². The first-order chi connectivity index (χ1) is 12.2. The number of ether oxygens (including phenoxy) is 1. The van der Waals surface area contributed by atoms with Crippen molar-refractivity contribution in [3.05, 3.63) is 83.9 Å². The number of carbonyl (C=O) groups is 1. The molecule has 1 atom stereocenters. The first-order valence-corrected chi connectivity index (χ1v) is 8.27. The van der Waals surface area contributed by atoms with E-state index in [2.05, 4.69) is 35.6 Å². The van der Waals surface area contributed by atoms with Crippen molar-refractivity contribution in [2.45, 2.75) is 13.0 Å². The Balaban J connectivity index is 1.67. The molecule has 0 aliphatic rings. The van der Waals surface area contributed by atoms with E-state index in [0.29, 0.717) is 0 Å². The van der Waals surface area contributed by atoms with Crippen LogP contribution >= 0.6 is 0 Å². The van der Waals surface area contributed by atoms with Gasteiger partial charge in [0, 0.05) is 6.08 Å². The monoisotopic (exact) mass is 331 g/mol. The van der Waals surface area contributed by atoms with Gasteiger partial charge in [-0.2, -0.15) is 0 Å². The van der Waals surface area contributed by atoms with Crippen LogP contribution in [0.15, 0.2) is 72.8 Å². The molecule has 0 radical (unpaired) electrons. The van der Waals surface area contributed by atoms with Crippen LogP contribution in [0, 0.1) is 0 Å². The average Bonchev–Trinajstić information content (AvgIpc) is 2.66. The molecule has 0 aliphatic heterocycles. The first-order valence-electron chi connectivity index (χ1n) is 8.27. The largest absolute Gasteiger partial charge is 0.497 e. The van der Waals surface area contributed by atoms with E-state index in [1.54, 1.807) is 19.3 Å². The van der Waals surface area contributed by atoms with E-state index < -0.39 is 0 Å². The highest BCUT2D eigenvalue weighted by Crippen LogP contribution is 2.20. The van der Waals surface area contributed by atoms with Crippen LogP contribution in [0.5, 0.6) is 5.75 Å². The lowest BCUT2D eigenvalue weighted by Crippen LogP contribution is -2.24. The number of amides is 1. The minimum Gasteiger partial charge on any atom is -0.497 e. The number of nitrogens with one attached hydrogen (secondary N) is 1. The van der Waals surface area contributed by atoms with E-state index >= 15 is 0 Å². The number of rotatable bonds is 5. The summed E-state index contributed by atoms with van der Waals surface area (Å²) < 4.78 is 5.18. The lowest BCUT2D eigenvalue weighted by atomic mass is 10.0. The molecule has 1 N–H and O–H groups in total. The van der Waals surface area contributed by atoms with Crippen molar-refractivity contribution in [2.75, 3.05) is 7.11 Å². The van der Waals surface area contributed by atoms with Crippen LogP contribution in [-0.2, 0) is 4.79 Å². The molecule has 1 amide bonds. The fraction of sp³-hybridized carbons (Fsp3) is 0.136. The smallest absolute Gasteiger partial charge is 0.244 e. The van der Waals surface area contributed by atoms with Crippen molar-refractivity contribution >= 4 is 22.8 Å². The third kappa shape index (κ3) is 4.27. The summed E-state index contributed by atoms with van der Waals surface area (Å²) in [5, 5.41) is 5.37. The van der Waals surface area contributed by atoms with Crippen LogP contribution < -0.4 is 10.1 Å². The van der Waals surface area contributed by atoms with E-state index in [9.17, 15) is 4.79 Å². The Labute approximate surface area is 147 Å². The third-order valence-corrected chi connectivity index (χ3v) is 4.15. The predicted octanol–water partition coefficient (Wildman–Crippen LogP) is 4.74. The predicted molar refractivity (Wildman–Crippen MR) is 103 cm³/mol. The third-order valence-electron chi connectivity index (χ3n) is 4.15. The van der Waals surface area contributed by atoms with Gasteiger partial charge in [0.15, 0.2) is 0 Å². The molecular formula is C22H21NO2. The number of hydrogen-bond acceptors (Lipinski definition) is 2. The molecule has 0 saturated carbocycles. The lowest BCUT2D eigenvalue weighted by Gasteiger charge is -2.14. The highest BCUT2D eigenvalue weighted by molar-refractivity contribution is 5.92. The maximum absolute atomic E-state index is 12.2. The molecule has 3 heteroatoms. The van der Waals surface area contributed by atoms with Gasteiger partial charge in [0.2, 0.25) is 5.91 Å². The van der Waals surface area contributed by atoms with Gasteiger partial charge in [-0.25, -0.2) is 0 Å². The second-order valence-corrected chi connectivity index (χ2v) is 5.95. The molecule has 0 fully saturated rings. The summed E-state index contributed by atoms with van der Waals surface area (Å²) in [5.74, 6) is 0.649. The number of methoxy groups -OCH3 is 1. The lowest BCUT2D eigenvalue weighted by molar-refractivity contribution is -0.117. The molecule has 25 heavy (non-hydrogen) atoms. The van der Waals surface area contributed by atoms with Gasteiger partial charge in [0.05, 0.1) is 13.2 Å². The van der Waals surface area contributed by atoms with E-state index in [1.807, 2.05) is 43.3 Å². The number of hydrogen-bond donors (Lipinski definition) is 1. The molecule has 0 unspecified atom stereocenters. The standard InChI is InChI=1S/C22H21NO2/c1-16(19-12-11-18-7-3-4-8-20(18)15-19)23-22(24)13-10-17-6-5-9-21(14-17)25-2/h3-16H,1-2H3,(H,23,24)/b13-10+/t16-/m1/s1. The van der Waals surface area contributed by atoms with Crippen molar-refractivity contribution in [1.29, 1.82) is 0 Å². The molecule has 0 bridgehead atoms. The van der Waals surface area contributed by atoms with Gasteiger partial charge in [0.25, 0.3) is 0 Å². The van der Waals surface area contributed by atoms with Crippen LogP contribution in [0.25, 0.3) is 16.8 Å². The summed E-state index contributed by atoms with van der Waals surface area (Å²) in [6, 6.07) is 22.0. The topological polar surface area (TPSA) is 38.3 Å². The second-order valence-electron chi connectivity index (χ2n) is 5.95. The summed E-state index contributed by atoms with van der Waals surface area (Å²) in [4.78, 5) is 12.2. The molecule has 3 aromatic carbocycles. The van der Waals surface area contributed by atoms with E-state index in [1.165, 1.54) is 10.8 Å². The molecule has 3 nitrogen and oxygen atoms in total. The Bertz CT molecular complexity index is 915. The molecule has 3 rings (SSSR count). The number of benzene rings is 3. The Morgan fingerprint density at radius 3 is 2.60 bits per heavy atom. The van der Waals surface area contributed by atoms with Gasteiger partial charge < -0.3 is 10.1 Å². The maximum Gasteiger partial charge on any atom is 0.244 e. The maximum atomic E-state index is 12.2. The molecule has 0 aliphatic carbocycles. The first kappa shape index (κ1) is 16.8. The van der Waals surface area contributed by atoms with E-state index in [4.69, 9.17) is 4.74 Å². The van der Waals surface area contributed by atoms with Crippen LogP contribution in [0.4, 0.5) is 0 Å². The van der Waals surface area contributed by atoms with Crippen molar-refractivity contribution < 1.29 is 9.53 Å². The van der Waals surface area contributed by atoms with Crippen molar-refractivity contribution in [3.63, 3.8) is 0 Å². The van der Waals surface area contributed by atoms with Gasteiger partial charge >= 0.3 is 0 Å². The van der Waals surface area contributed by atoms with Gasteiger partial charge in [-0.3, -0.25) is 4.79 Å². The number of carbonyl (C=O) groups excluding carboxylic acids is 1. The highest BCUT2D eigenvalue weighted by atomic mass is 16.5. The minimum atomic E-state index is -0.122. The molecule has 0 aromatic heterocycles. The van der Waals surface area contributed by atoms with Gasteiger partial charge in [-0.05, 0) is 53.1 Å². The summed E-state index contributed by atoms with van der Waals surface area (Å²) in [7, 11) is 1.63. The Kier molecular flexibility index (Phi) is 5.14. The fourth-order valence-electron chi connectivity index (χ4n) is 2.74. The van der Waals surface area contributed by atoms with Gasteiger partial charge in [-0.15, -0.1) is 0 Å². The van der Waals surface area contributed by atoms with E-state index in [-0.39, 0.29) is 11.9 Å². The Morgan fingerprint density at radius 1 is 1.00 bits per heavy atom. The van der Waals surface area contributed by atoms with Crippen molar-refractivity contribution in [1.82, 2.24) is 5.32 Å². The zero-order chi connectivity index (χ0) is 17.6. The zero-order valence-corrected chi connectivity index (χ0v) is 14.4. The van der Waals surface area contributed by atoms with Crippen LogP contribution in [0.3, 0.4) is 0 Å². The second kappa shape index (κ2) is 7.67. The van der Waals surface area contributed by atoms with Gasteiger partial charge in [-0.1, -0.05) is 48.5 Å². The molecular weight excluding hydrogens is 310 g/mol. The molecule has 0 saturated heterocycles. The quantitative estimate of drug-likeness (QED) is 0.686. The molecule has 126 valence electrons. The van der Waals surface area contributed by atoms with Gasteiger partial charge in [0.1, 0.15) is 5.75 Å². The normalized spacial score (nSPS) is 12.2. The van der Waals surface area contributed by atoms with Crippen molar-refractivity contribution in [3.8, 4) is 5.75 Å². The molecule has 0 spiro atoms. The highest BCUT2D eigenvalue weighted by Gasteiger charge is 2.08. The zero-order valence-electron chi connectivity index (χ0n) is 14.4. The average molecular weight is 331 g/mol. The van der Waals surface area contributed by atoms with Crippen molar-refractivity contribution in [2.24, 2.45) is 0 Å². The molecule has 3 aromatic rings. The minimum absolute atomic E-state index is 0.0629. The summed E-state index contributed by atoms with van der Waals surface area (Å²) in [6.07, 6.45) is 3.33. The number of fused-ring (bicyclic) bond motifs is 1. The Morgan fingerprint density at radius 2 is 1.80 bits per heavy atom. The van der Waals surface area contributed by atoms with Crippen LogP contribution in [0.2, 0.25) is 0 Å². The summed E-state index contributed by atoms with van der Waals surface area (Å²) in [6.45, 7) is 1.99.